The second-order valence-electron chi connectivity index (χ2n) is 9.21. The van der Waals surface area contributed by atoms with Crippen LogP contribution in [0.3, 0.4) is 0 Å². The van der Waals surface area contributed by atoms with Gasteiger partial charge >= 0.3 is 0 Å². The van der Waals surface area contributed by atoms with E-state index in [9.17, 15) is 13.2 Å². The minimum absolute atomic E-state index is 0.0430. The molecule has 5 nitrogen and oxygen atoms in total. The minimum Gasteiger partial charge on any atom is -0.372 e. The molecule has 0 aliphatic carbocycles. The zero-order chi connectivity index (χ0) is 24.3. The zero-order valence-corrected chi connectivity index (χ0v) is 20.9. The first kappa shape index (κ1) is 25.4. The van der Waals surface area contributed by atoms with Crippen LogP contribution in [-0.2, 0) is 33.2 Å². The van der Waals surface area contributed by atoms with Gasteiger partial charge in [-0.2, -0.15) is 0 Å². The lowest BCUT2D eigenvalue weighted by Gasteiger charge is -2.38. The van der Waals surface area contributed by atoms with Crippen LogP contribution in [0.1, 0.15) is 61.7 Å². The van der Waals surface area contributed by atoms with Crippen molar-refractivity contribution in [1.29, 1.82) is 0 Å². The molecule has 1 saturated heterocycles. The highest BCUT2D eigenvalue weighted by molar-refractivity contribution is 7.91. The number of morpholine rings is 1. The van der Waals surface area contributed by atoms with Crippen molar-refractivity contribution >= 4 is 21.3 Å². The summed E-state index contributed by atoms with van der Waals surface area (Å²) in [4.78, 5) is 15.0. The Morgan fingerprint density at radius 1 is 1.09 bits per heavy atom. The number of carbonyl (C=O) groups is 1. The maximum Gasteiger partial charge on any atom is 0.167 e. The molecule has 0 amide bonds. The largest absolute Gasteiger partial charge is 0.372 e. The van der Waals surface area contributed by atoms with Crippen LogP contribution in [-0.4, -0.2) is 44.7 Å². The van der Waals surface area contributed by atoms with E-state index in [1.54, 1.807) is 44.2 Å². The number of carbonyl (C=O) groups excluding carboxylic acids is 1. The second-order valence-corrected chi connectivity index (χ2v) is 11.8. The Morgan fingerprint density at radius 3 is 2.24 bits per heavy atom. The van der Waals surface area contributed by atoms with Gasteiger partial charge < -0.3 is 9.64 Å². The van der Waals surface area contributed by atoms with Crippen LogP contribution < -0.4 is 4.90 Å². The molecule has 0 saturated carbocycles. The molecule has 0 N–H and O–H groups in total. The lowest BCUT2D eigenvalue weighted by molar-refractivity contribution is -0.00528. The van der Waals surface area contributed by atoms with Crippen molar-refractivity contribution in [1.82, 2.24) is 0 Å². The number of rotatable bonds is 8. The van der Waals surface area contributed by atoms with Crippen molar-refractivity contribution in [3.8, 4) is 0 Å². The predicted molar refractivity (Wildman–Crippen MR) is 130 cm³/mol. The SMILES string of the molecule is CCc1c(N2C[C@@H](C)O[C@@H](C)C2)ccc(CC(=O)c2ccc(CS(=O)(=O)C(C)C)cc2)c1F. The fraction of sp³-hybridized carbons (Fsp3) is 0.500. The minimum atomic E-state index is -3.21. The van der Waals surface area contributed by atoms with Gasteiger partial charge in [0.2, 0.25) is 0 Å². The van der Waals surface area contributed by atoms with Crippen molar-refractivity contribution in [3.63, 3.8) is 0 Å². The maximum absolute atomic E-state index is 15.4. The monoisotopic (exact) mass is 475 g/mol. The first-order chi connectivity index (χ1) is 15.5. The molecule has 0 aromatic heterocycles. The molecule has 2 aromatic rings. The van der Waals surface area contributed by atoms with Gasteiger partial charge in [0, 0.05) is 36.3 Å². The fourth-order valence-corrected chi connectivity index (χ4v) is 5.25. The number of sulfone groups is 1. The molecule has 7 heteroatoms. The zero-order valence-electron chi connectivity index (χ0n) is 20.1. The Morgan fingerprint density at radius 2 is 1.70 bits per heavy atom. The third-order valence-electron chi connectivity index (χ3n) is 6.13. The normalized spacial score (nSPS) is 19.2. The lowest BCUT2D eigenvalue weighted by atomic mass is 9.97. The van der Waals surface area contributed by atoms with Gasteiger partial charge in [-0.3, -0.25) is 4.79 Å². The highest BCUT2D eigenvalue weighted by atomic mass is 32.2. The third kappa shape index (κ3) is 6.01. The average Bonchev–Trinajstić information content (AvgIpc) is 2.74. The summed E-state index contributed by atoms with van der Waals surface area (Å²) in [5.74, 6) is -0.584. The summed E-state index contributed by atoms with van der Waals surface area (Å²) in [6, 6.07) is 10.2. The predicted octanol–water partition coefficient (Wildman–Crippen LogP) is 4.75. The Balaban J connectivity index is 1.77. The summed E-state index contributed by atoms with van der Waals surface area (Å²) < 4.78 is 45.4. The van der Waals surface area contributed by atoms with Crippen LogP contribution in [0.5, 0.6) is 0 Å². The number of Topliss-reactive ketones (excluding diaryl/α,β-unsaturated/α-hetero) is 1. The van der Waals surface area contributed by atoms with E-state index in [4.69, 9.17) is 4.74 Å². The summed E-state index contributed by atoms with van der Waals surface area (Å²) in [5, 5.41) is -0.457. The van der Waals surface area contributed by atoms with Gasteiger partial charge in [0.15, 0.2) is 15.6 Å². The van der Waals surface area contributed by atoms with Crippen LogP contribution in [0.15, 0.2) is 36.4 Å². The van der Waals surface area contributed by atoms with E-state index in [1.165, 1.54) is 0 Å². The lowest BCUT2D eigenvalue weighted by Crippen LogP contribution is -2.46. The van der Waals surface area contributed by atoms with E-state index in [-0.39, 0.29) is 36.0 Å². The molecule has 1 aliphatic heterocycles. The van der Waals surface area contributed by atoms with Gasteiger partial charge in [0.25, 0.3) is 0 Å². The fourth-order valence-electron chi connectivity index (χ4n) is 4.26. The topological polar surface area (TPSA) is 63.7 Å². The summed E-state index contributed by atoms with van der Waals surface area (Å²) in [6.07, 6.45) is 0.628. The molecule has 0 unspecified atom stereocenters. The van der Waals surface area contributed by atoms with Crippen molar-refractivity contribution in [2.75, 3.05) is 18.0 Å². The number of hydrogen-bond acceptors (Lipinski definition) is 5. The molecular formula is C26H34FNO4S. The number of ketones is 1. The van der Waals surface area contributed by atoms with Crippen molar-refractivity contribution in [2.24, 2.45) is 0 Å². The molecule has 2 atom stereocenters. The molecule has 1 aliphatic rings. The van der Waals surface area contributed by atoms with E-state index in [0.717, 1.165) is 5.69 Å². The van der Waals surface area contributed by atoms with Crippen LogP contribution in [0.2, 0.25) is 0 Å². The van der Waals surface area contributed by atoms with Crippen LogP contribution in [0.25, 0.3) is 0 Å². The average molecular weight is 476 g/mol. The van der Waals surface area contributed by atoms with E-state index in [1.807, 2.05) is 26.8 Å². The van der Waals surface area contributed by atoms with Crippen LogP contribution >= 0.6 is 0 Å². The molecule has 2 aromatic carbocycles. The van der Waals surface area contributed by atoms with E-state index < -0.39 is 15.1 Å². The van der Waals surface area contributed by atoms with Crippen molar-refractivity contribution in [2.45, 2.75) is 70.7 Å². The first-order valence-corrected chi connectivity index (χ1v) is 13.3. The highest BCUT2D eigenvalue weighted by Crippen LogP contribution is 2.29. The van der Waals surface area contributed by atoms with E-state index in [0.29, 0.717) is 41.8 Å². The smallest absolute Gasteiger partial charge is 0.167 e. The Hall–Kier alpha value is -2.25. The van der Waals surface area contributed by atoms with Crippen LogP contribution in [0.4, 0.5) is 10.1 Å². The molecule has 0 radical (unpaired) electrons. The summed E-state index contributed by atoms with van der Waals surface area (Å²) in [7, 11) is -3.21. The molecule has 3 rings (SSSR count). The second kappa shape index (κ2) is 10.3. The quantitative estimate of drug-likeness (QED) is 0.516. The molecule has 33 heavy (non-hydrogen) atoms. The molecule has 1 heterocycles. The Bertz CT molecular complexity index is 1090. The third-order valence-corrected chi connectivity index (χ3v) is 8.30. The van der Waals surface area contributed by atoms with Crippen molar-refractivity contribution in [3.05, 3.63) is 64.5 Å². The maximum atomic E-state index is 15.4. The van der Waals surface area contributed by atoms with Gasteiger partial charge in [-0.15, -0.1) is 0 Å². The first-order valence-electron chi connectivity index (χ1n) is 11.6. The van der Waals surface area contributed by atoms with Gasteiger partial charge in [-0.1, -0.05) is 37.3 Å². The number of anilines is 1. The van der Waals surface area contributed by atoms with Crippen LogP contribution in [0, 0.1) is 5.82 Å². The molecule has 180 valence electrons. The summed E-state index contributed by atoms with van der Waals surface area (Å²) in [5.41, 5.74) is 2.94. The number of ether oxygens (including phenoxy) is 1. The Labute approximate surface area is 196 Å². The Kier molecular flexibility index (Phi) is 7.96. The van der Waals surface area contributed by atoms with Crippen molar-refractivity contribution < 1.29 is 22.3 Å². The molecule has 1 fully saturated rings. The van der Waals surface area contributed by atoms with Gasteiger partial charge in [-0.05, 0) is 51.3 Å². The van der Waals surface area contributed by atoms with E-state index >= 15 is 4.39 Å². The summed E-state index contributed by atoms with van der Waals surface area (Å²) >= 11 is 0. The van der Waals surface area contributed by atoms with Gasteiger partial charge in [-0.25, -0.2) is 12.8 Å². The number of benzene rings is 2. The number of halogens is 1. The van der Waals surface area contributed by atoms with E-state index in [2.05, 4.69) is 4.90 Å². The number of hydrogen-bond donors (Lipinski definition) is 0. The standard InChI is InChI=1S/C26H34FNO4S/c1-6-23-24(28-14-18(4)32-19(5)15-28)12-11-22(26(23)27)13-25(29)21-9-7-20(8-10-21)16-33(30,31)17(2)3/h7-12,17-19H,6,13-16H2,1-5H3/t18-,19+. The highest BCUT2D eigenvalue weighted by Gasteiger charge is 2.26. The molecular weight excluding hydrogens is 441 g/mol. The van der Waals surface area contributed by atoms with Gasteiger partial charge in [0.05, 0.1) is 23.2 Å². The van der Waals surface area contributed by atoms with Gasteiger partial charge in [0.1, 0.15) is 5.82 Å². The molecule has 0 spiro atoms. The molecule has 0 bridgehead atoms. The number of nitrogens with zero attached hydrogens (tertiary/aromatic N) is 1. The summed E-state index contributed by atoms with van der Waals surface area (Å²) in [6.45, 7) is 10.7.